The highest BCUT2D eigenvalue weighted by Gasteiger charge is 2.58. The van der Waals surface area contributed by atoms with Gasteiger partial charge in [-0.3, -0.25) is 0 Å². The minimum atomic E-state index is -5.55. The maximum absolute atomic E-state index is 12.5. The van der Waals surface area contributed by atoms with Crippen molar-refractivity contribution in [3.8, 4) is 0 Å². The van der Waals surface area contributed by atoms with Gasteiger partial charge >= 0.3 is 12.1 Å². The summed E-state index contributed by atoms with van der Waals surface area (Å²) in [5, 5.41) is 0. The second-order valence-corrected chi connectivity index (χ2v) is 2.36. The summed E-state index contributed by atoms with van der Waals surface area (Å²) < 4.78 is 60.3. The first-order chi connectivity index (χ1) is 5.86. The van der Waals surface area contributed by atoms with Gasteiger partial charge in [0, 0.05) is 5.56 Å². The Hall–Kier alpha value is -1.13. The molecule has 0 nitrogen and oxygen atoms in total. The van der Waals surface area contributed by atoms with Crippen LogP contribution in [0.2, 0.25) is 0 Å². The zero-order valence-electron chi connectivity index (χ0n) is 6.20. The van der Waals surface area contributed by atoms with Gasteiger partial charge in [-0.2, -0.15) is 22.0 Å². The lowest BCUT2D eigenvalue weighted by Gasteiger charge is -2.19. The molecule has 0 saturated carbocycles. The lowest BCUT2D eigenvalue weighted by Crippen LogP contribution is -2.33. The van der Waals surface area contributed by atoms with Crippen molar-refractivity contribution in [2.24, 2.45) is 0 Å². The first-order valence-electron chi connectivity index (χ1n) is 3.27. The van der Waals surface area contributed by atoms with E-state index < -0.39 is 17.7 Å². The predicted molar refractivity (Wildman–Crippen MR) is 35.2 cm³/mol. The second kappa shape index (κ2) is 2.97. The molecule has 0 saturated heterocycles. The summed E-state index contributed by atoms with van der Waals surface area (Å²) in [6.45, 7) is 0. The Morgan fingerprint density at radius 3 is 1.77 bits per heavy atom. The molecule has 0 N–H and O–H groups in total. The highest BCUT2D eigenvalue weighted by molar-refractivity contribution is 5.20. The van der Waals surface area contributed by atoms with Crippen LogP contribution in [0.15, 0.2) is 24.3 Å². The fourth-order valence-electron chi connectivity index (χ4n) is 0.760. The van der Waals surface area contributed by atoms with E-state index in [0.717, 1.165) is 12.1 Å². The third kappa shape index (κ3) is 1.79. The minimum Gasteiger partial charge on any atom is -0.191 e. The highest BCUT2D eigenvalue weighted by atomic mass is 19.4. The fraction of sp³-hybridized carbons (Fsp3) is 0.250. The molecule has 1 radical (unpaired) electrons. The number of alkyl halides is 5. The molecule has 71 valence electrons. The van der Waals surface area contributed by atoms with Gasteiger partial charge in [-0.05, 0) is 6.07 Å². The Balaban J connectivity index is 3.08. The molecule has 0 heterocycles. The van der Waals surface area contributed by atoms with Crippen LogP contribution in [0.5, 0.6) is 0 Å². The molecule has 0 spiro atoms. The summed E-state index contributed by atoms with van der Waals surface area (Å²) in [6, 6.07) is 5.75. The molecule has 1 aromatic rings. The summed E-state index contributed by atoms with van der Waals surface area (Å²) in [6.07, 6.45) is -5.55. The molecule has 0 aromatic heterocycles. The van der Waals surface area contributed by atoms with Crippen LogP contribution in [0.4, 0.5) is 22.0 Å². The number of rotatable bonds is 1. The SMILES string of the molecule is FC(F)(F)C(F)(F)c1cc[c]cc1. The monoisotopic (exact) mass is 195 g/mol. The molecule has 1 aromatic carbocycles. The van der Waals surface area contributed by atoms with Crippen LogP contribution < -0.4 is 0 Å². The van der Waals surface area contributed by atoms with Crippen molar-refractivity contribution >= 4 is 0 Å². The first-order valence-corrected chi connectivity index (χ1v) is 3.27. The molecule has 13 heavy (non-hydrogen) atoms. The van der Waals surface area contributed by atoms with E-state index in [-0.39, 0.29) is 0 Å². The van der Waals surface area contributed by atoms with Crippen LogP contribution in [-0.2, 0) is 5.92 Å². The number of hydrogen-bond donors (Lipinski definition) is 0. The van der Waals surface area contributed by atoms with Gasteiger partial charge in [0.1, 0.15) is 0 Å². The molecule has 0 unspecified atom stereocenters. The Labute approximate surface area is 71.0 Å². The molecule has 0 fully saturated rings. The number of hydrogen-bond acceptors (Lipinski definition) is 0. The molecule has 0 amide bonds. The third-order valence-electron chi connectivity index (χ3n) is 1.44. The summed E-state index contributed by atoms with van der Waals surface area (Å²) in [5.74, 6) is -4.79. The molecular weight excluding hydrogens is 191 g/mol. The molecule has 0 aliphatic rings. The van der Waals surface area contributed by atoms with Crippen LogP contribution in [0.1, 0.15) is 5.56 Å². The van der Waals surface area contributed by atoms with Crippen LogP contribution in [0.3, 0.4) is 0 Å². The topological polar surface area (TPSA) is 0 Å². The van der Waals surface area contributed by atoms with E-state index in [9.17, 15) is 22.0 Å². The van der Waals surface area contributed by atoms with Crippen LogP contribution in [0, 0.1) is 6.07 Å². The van der Waals surface area contributed by atoms with Gasteiger partial charge in [-0.15, -0.1) is 0 Å². The highest BCUT2D eigenvalue weighted by Crippen LogP contribution is 2.43. The molecule has 1 rings (SSSR count). The normalized spacial score (nSPS) is 13.0. The summed E-state index contributed by atoms with van der Waals surface area (Å²) in [7, 11) is 0. The van der Waals surface area contributed by atoms with Crippen LogP contribution >= 0.6 is 0 Å². The van der Waals surface area contributed by atoms with Crippen molar-refractivity contribution in [1.29, 1.82) is 0 Å². The largest absolute Gasteiger partial charge is 0.458 e. The van der Waals surface area contributed by atoms with Crippen molar-refractivity contribution in [1.82, 2.24) is 0 Å². The molecule has 5 heteroatoms. The van der Waals surface area contributed by atoms with Gasteiger partial charge in [0.25, 0.3) is 0 Å². The maximum atomic E-state index is 12.5. The molecule has 0 atom stereocenters. The minimum absolute atomic E-state index is 0.688. The van der Waals surface area contributed by atoms with Gasteiger partial charge in [0.2, 0.25) is 0 Å². The predicted octanol–water partition coefficient (Wildman–Crippen LogP) is 3.14. The summed E-state index contributed by atoms with van der Waals surface area (Å²) in [5.41, 5.74) is -1.07. The van der Waals surface area contributed by atoms with Gasteiger partial charge < -0.3 is 0 Å². The Kier molecular flexibility index (Phi) is 2.28. The van der Waals surface area contributed by atoms with Crippen molar-refractivity contribution in [2.75, 3.05) is 0 Å². The lowest BCUT2D eigenvalue weighted by atomic mass is 10.1. The van der Waals surface area contributed by atoms with E-state index >= 15 is 0 Å². The lowest BCUT2D eigenvalue weighted by molar-refractivity contribution is -0.289. The van der Waals surface area contributed by atoms with E-state index in [0.29, 0.717) is 12.1 Å². The van der Waals surface area contributed by atoms with Crippen molar-refractivity contribution < 1.29 is 22.0 Å². The summed E-state index contributed by atoms with van der Waals surface area (Å²) >= 11 is 0. The van der Waals surface area contributed by atoms with Crippen molar-refractivity contribution in [3.05, 3.63) is 35.9 Å². The number of halogens is 5. The van der Waals surface area contributed by atoms with E-state index in [1.54, 1.807) is 0 Å². The molecule has 0 bridgehead atoms. The van der Waals surface area contributed by atoms with Crippen LogP contribution in [-0.4, -0.2) is 6.18 Å². The first kappa shape index (κ1) is 9.95. The van der Waals surface area contributed by atoms with Gasteiger partial charge in [0.05, 0.1) is 0 Å². The average Bonchev–Trinajstić information content (AvgIpc) is 2.04. The maximum Gasteiger partial charge on any atom is 0.458 e. The van der Waals surface area contributed by atoms with E-state index in [2.05, 4.69) is 6.07 Å². The van der Waals surface area contributed by atoms with E-state index in [1.807, 2.05) is 0 Å². The Morgan fingerprint density at radius 1 is 0.923 bits per heavy atom. The smallest absolute Gasteiger partial charge is 0.191 e. The quantitative estimate of drug-likeness (QED) is 0.604. The average molecular weight is 195 g/mol. The van der Waals surface area contributed by atoms with Crippen molar-refractivity contribution in [3.63, 3.8) is 0 Å². The number of benzene rings is 1. The van der Waals surface area contributed by atoms with Gasteiger partial charge in [0.15, 0.2) is 0 Å². The second-order valence-electron chi connectivity index (χ2n) is 2.36. The molecule has 0 aliphatic heterocycles. The third-order valence-corrected chi connectivity index (χ3v) is 1.44. The molecule has 0 aliphatic carbocycles. The molecular formula is C8H4F5. The zero-order valence-corrected chi connectivity index (χ0v) is 6.20. The van der Waals surface area contributed by atoms with E-state index in [1.165, 1.54) is 0 Å². The Bertz CT molecular complexity index is 274. The van der Waals surface area contributed by atoms with Gasteiger partial charge in [-0.25, -0.2) is 0 Å². The Morgan fingerprint density at radius 2 is 1.38 bits per heavy atom. The summed E-state index contributed by atoms with van der Waals surface area (Å²) in [4.78, 5) is 0. The van der Waals surface area contributed by atoms with Gasteiger partial charge in [-0.1, -0.05) is 24.3 Å². The fourth-order valence-corrected chi connectivity index (χ4v) is 0.760. The standard InChI is InChI=1S/C8H4F5/c9-7(10,8(11,12)13)6-4-2-1-3-5-6/h2-5H. The van der Waals surface area contributed by atoms with Crippen molar-refractivity contribution in [2.45, 2.75) is 12.1 Å². The van der Waals surface area contributed by atoms with Crippen LogP contribution in [0.25, 0.3) is 0 Å². The zero-order chi connectivity index (χ0) is 10.1. The van der Waals surface area contributed by atoms with E-state index in [4.69, 9.17) is 0 Å².